The lowest BCUT2D eigenvalue weighted by atomic mass is 9.89. The summed E-state index contributed by atoms with van der Waals surface area (Å²) in [6.07, 6.45) is 10.2. The van der Waals surface area contributed by atoms with E-state index in [1.54, 1.807) is 0 Å². The van der Waals surface area contributed by atoms with Gasteiger partial charge in [0.2, 0.25) is 0 Å². The third kappa shape index (κ3) is 1.94. The molecule has 1 radical (unpaired) electrons. The maximum absolute atomic E-state index is 6.21. The van der Waals surface area contributed by atoms with Gasteiger partial charge in [-0.2, -0.15) is 0 Å². The fourth-order valence-electron chi connectivity index (χ4n) is 1.96. The van der Waals surface area contributed by atoms with Crippen LogP contribution in [0.4, 0.5) is 0 Å². The van der Waals surface area contributed by atoms with E-state index >= 15 is 0 Å². The summed E-state index contributed by atoms with van der Waals surface area (Å²) < 4.78 is 0. The van der Waals surface area contributed by atoms with Crippen LogP contribution in [-0.2, 0) is 0 Å². The van der Waals surface area contributed by atoms with Gasteiger partial charge in [-0.05, 0) is 32.1 Å². The molecule has 0 heterocycles. The average molecular weight is 187 g/mol. The summed E-state index contributed by atoms with van der Waals surface area (Å²) in [7, 11) is 0. The molecule has 12 heavy (non-hydrogen) atoms. The van der Waals surface area contributed by atoms with Gasteiger partial charge in [0, 0.05) is 17.5 Å². The molecule has 2 atom stereocenters. The van der Waals surface area contributed by atoms with Gasteiger partial charge in [0.05, 0.1) is 0 Å². The molecule has 2 aliphatic carbocycles. The number of nitrogens with one attached hydrogen (secondary N) is 1. The zero-order chi connectivity index (χ0) is 8.39. The van der Waals surface area contributed by atoms with Crippen LogP contribution >= 0.6 is 11.6 Å². The molecule has 2 fully saturated rings. The van der Waals surface area contributed by atoms with E-state index in [9.17, 15) is 0 Å². The number of hydrogen-bond acceptors (Lipinski definition) is 1. The van der Waals surface area contributed by atoms with Crippen LogP contribution in [0.5, 0.6) is 0 Å². The number of alkyl halides is 1. The van der Waals surface area contributed by atoms with Gasteiger partial charge in [0.1, 0.15) is 0 Å². The predicted molar refractivity (Wildman–Crippen MR) is 52.4 cm³/mol. The van der Waals surface area contributed by atoms with E-state index in [1.165, 1.54) is 38.5 Å². The number of rotatable bonds is 2. The molecule has 2 aliphatic rings. The summed E-state index contributed by atoms with van der Waals surface area (Å²) >= 11 is 6.21. The van der Waals surface area contributed by atoms with Crippen LogP contribution in [0.25, 0.3) is 0 Å². The fourth-order valence-corrected chi connectivity index (χ4v) is 2.29. The molecule has 0 spiro atoms. The predicted octanol–water partition coefficient (Wildman–Crippen LogP) is 2.49. The Balaban J connectivity index is 1.76. The molecule has 0 aromatic heterocycles. The van der Waals surface area contributed by atoms with E-state index in [2.05, 4.69) is 11.7 Å². The minimum absolute atomic E-state index is 0.347. The topological polar surface area (TPSA) is 12.0 Å². The highest BCUT2D eigenvalue weighted by molar-refractivity contribution is 6.21. The lowest BCUT2D eigenvalue weighted by molar-refractivity contribution is 0.297. The standard InChI is InChI=1S/C10H17ClN/c11-9-6-1-2-7-10(9)12-8-4-3-5-8/h7-10,12H,1-6H2. The molecule has 69 valence electrons. The van der Waals surface area contributed by atoms with Crippen molar-refractivity contribution in [2.75, 3.05) is 0 Å². The molecular formula is C10H17ClN. The first-order chi connectivity index (χ1) is 5.86. The summed E-state index contributed by atoms with van der Waals surface area (Å²) in [6, 6.07) is 1.26. The van der Waals surface area contributed by atoms with E-state index in [0.717, 1.165) is 6.04 Å². The van der Waals surface area contributed by atoms with Crippen molar-refractivity contribution >= 4 is 11.6 Å². The summed E-state index contributed by atoms with van der Waals surface area (Å²) in [4.78, 5) is 0. The number of hydrogen-bond donors (Lipinski definition) is 1. The van der Waals surface area contributed by atoms with E-state index in [4.69, 9.17) is 11.6 Å². The molecule has 2 rings (SSSR count). The van der Waals surface area contributed by atoms with Crippen molar-refractivity contribution in [1.29, 1.82) is 0 Å². The molecule has 1 N–H and O–H groups in total. The van der Waals surface area contributed by atoms with Crippen molar-refractivity contribution in [2.24, 2.45) is 0 Å². The Morgan fingerprint density at radius 1 is 1.17 bits per heavy atom. The van der Waals surface area contributed by atoms with Crippen LogP contribution in [-0.4, -0.2) is 17.5 Å². The summed E-state index contributed by atoms with van der Waals surface area (Å²) in [5.41, 5.74) is 0. The highest BCUT2D eigenvalue weighted by Gasteiger charge is 2.27. The lowest BCUT2D eigenvalue weighted by Crippen LogP contribution is -2.48. The molecule has 2 unspecified atom stereocenters. The van der Waals surface area contributed by atoms with Crippen molar-refractivity contribution in [3.8, 4) is 0 Å². The van der Waals surface area contributed by atoms with Gasteiger partial charge in [-0.3, -0.25) is 0 Å². The maximum atomic E-state index is 6.21. The molecule has 0 aromatic rings. The molecule has 0 aliphatic heterocycles. The Morgan fingerprint density at radius 3 is 2.58 bits per heavy atom. The Bertz CT molecular complexity index is 145. The summed E-state index contributed by atoms with van der Waals surface area (Å²) in [5, 5.41) is 3.96. The molecule has 1 nitrogen and oxygen atoms in total. The van der Waals surface area contributed by atoms with E-state index < -0.39 is 0 Å². The normalized spacial score (nSPS) is 37.8. The first kappa shape index (κ1) is 8.83. The summed E-state index contributed by atoms with van der Waals surface area (Å²) in [5.74, 6) is 0. The minimum Gasteiger partial charge on any atom is -0.309 e. The second kappa shape index (κ2) is 3.97. The molecule has 0 amide bonds. The first-order valence-electron chi connectivity index (χ1n) is 5.10. The molecule has 0 bridgehead atoms. The highest BCUT2D eigenvalue weighted by atomic mass is 35.5. The molecule has 0 aromatic carbocycles. The third-order valence-electron chi connectivity index (χ3n) is 3.03. The third-order valence-corrected chi connectivity index (χ3v) is 3.52. The van der Waals surface area contributed by atoms with Crippen LogP contribution in [0.2, 0.25) is 0 Å². The van der Waals surface area contributed by atoms with Crippen molar-refractivity contribution in [1.82, 2.24) is 5.32 Å². The van der Waals surface area contributed by atoms with Crippen molar-refractivity contribution < 1.29 is 0 Å². The Kier molecular flexibility index (Phi) is 2.92. The van der Waals surface area contributed by atoms with Crippen molar-refractivity contribution in [3.05, 3.63) is 6.42 Å². The second-order valence-corrected chi connectivity index (χ2v) is 4.56. The van der Waals surface area contributed by atoms with Crippen LogP contribution in [0.15, 0.2) is 0 Å². The molecule has 0 saturated heterocycles. The Morgan fingerprint density at radius 2 is 2.00 bits per heavy atom. The van der Waals surface area contributed by atoms with Gasteiger partial charge in [-0.1, -0.05) is 12.8 Å². The van der Waals surface area contributed by atoms with Gasteiger partial charge in [-0.25, -0.2) is 0 Å². The van der Waals surface area contributed by atoms with Crippen LogP contribution in [0, 0.1) is 6.42 Å². The molecule has 2 saturated carbocycles. The number of halogens is 1. The van der Waals surface area contributed by atoms with Crippen molar-refractivity contribution in [2.45, 2.75) is 56.0 Å². The van der Waals surface area contributed by atoms with Crippen LogP contribution < -0.4 is 5.32 Å². The van der Waals surface area contributed by atoms with E-state index in [-0.39, 0.29) is 0 Å². The monoisotopic (exact) mass is 186 g/mol. The van der Waals surface area contributed by atoms with Gasteiger partial charge in [-0.15, -0.1) is 11.6 Å². The largest absolute Gasteiger partial charge is 0.309 e. The maximum Gasteiger partial charge on any atom is 0.0492 e. The highest BCUT2D eigenvalue weighted by Crippen LogP contribution is 2.26. The Hall–Kier alpha value is 0.250. The van der Waals surface area contributed by atoms with Crippen molar-refractivity contribution in [3.63, 3.8) is 0 Å². The quantitative estimate of drug-likeness (QED) is 0.654. The molecular weight excluding hydrogens is 170 g/mol. The Labute approximate surface area is 79.9 Å². The van der Waals surface area contributed by atoms with Gasteiger partial charge in [0.25, 0.3) is 0 Å². The van der Waals surface area contributed by atoms with E-state index in [1.807, 2.05) is 0 Å². The second-order valence-electron chi connectivity index (χ2n) is 4.00. The minimum atomic E-state index is 0.347. The van der Waals surface area contributed by atoms with Gasteiger partial charge < -0.3 is 5.32 Å². The van der Waals surface area contributed by atoms with Gasteiger partial charge in [0.15, 0.2) is 0 Å². The van der Waals surface area contributed by atoms with E-state index in [0.29, 0.717) is 11.4 Å². The van der Waals surface area contributed by atoms with Gasteiger partial charge >= 0.3 is 0 Å². The molecule has 2 heteroatoms. The first-order valence-corrected chi connectivity index (χ1v) is 5.53. The summed E-state index contributed by atoms with van der Waals surface area (Å²) in [6.45, 7) is 0. The zero-order valence-electron chi connectivity index (χ0n) is 7.43. The van der Waals surface area contributed by atoms with Crippen LogP contribution in [0.3, 0.4) is 0 Å². The SMILES string of the molecule is ClC1CCC[CH]C1NC1CCC1. The fraction of sp³-hybridized carbons (Fsp3) is 0.900. The average Bonchev–Trinajstić information content (AvgIpc) is 2.00. The lowest BCUT2D eigenvalue weighted by Gasteiger charge is -2.35. The zero-order valence-corrected chi connectivity index (χ0v) is 8.19. The van der Waals surface area contributed by atoms with Crippen LogP contribution in [0.1, 0.15) is 38.5 Å². The smallest absolute Gasteiger partial charge is 0.0492 e.